The van der Waals surface area contributed by atoms with Gasteiger partial charge in [0.15, 0.2) is 17.3 Å². The fourth-order valence-electron chi connectivity index (χ4n) is 2.19. The predicted octanol–water partition coefficient (Wildman–Crippen LogP) is 2.66. The van der Waals surface area contributed by atoms with Crippen LogP contribution in [0.4, 0.5) is 4.39 Å². The maximum atomic E-state index is 13.6. The number of amides is 1. The van der Waals surface area contributed by atoms with Gasteiger partial charge < -0.3 is 15.4 Å². The van der Waals surface area contributed by atoms with Crippen molar-refractivity contribution in [3.05, 3.63) is 29.6 Å². The van der Waals surface area contributed by atoms with E-state index in [1.54, 1.807) is 11.9 Å². The molecule has 0 bridgehead atoms. The zero-order valence-corrected chi connectivity index (χ0v) is 15.4. The highest BCUT2D eigenvalue weighted by molar-refractivity contribution is 5.98. The molecule has 1 aromatic rings. The Labute approximate surface area is 148 Å². The van der Waals surface area contributed by atoms with Crippen LogP contribution in [-0.2, 0) is 4.79 Å². The van der Waals surface area contributed by atoms with Crippen molar-refractivity contribution in [2.45, 2.75) is 26.7 Å². The minimum Gasteiger partial charge on any atom is -0.494 e. The van der Waals surface area contributed by atoms with Crippen LogP contribution >= 0.6 is 12.4 Å². The molecule has 1 aromatic carbocycles. The first kappa shape index (κ1) is 22.3. The molecule has 2 N–H and O–H groups in total. The van der Waals surface area contributed by atoms with Gasteiger partial charge in [0.05, 0.1) is 7.11 Å². The van der Waals surface area contributed by atoms with Gasteiger partial charge in [-0.3, -0.25) is 9.59 Å². The molecule has 0 aliphatic heterocycles. The summed E-state index contributed by atoms with van der Waals surface area (Å²) in [6.07, 6.45) is 0.127. The molecule has 0 fully saturated rings. The summed E-state index contributed by atoms with van der Waals surface area (Å²) < 4.78 is 18.4. The topological polar surface area (TPSA) is 72.6 Å². The summed E-state index contributed by atoms with van der Waals surface area (Å²) in [5, 5.41) is 0. The second-order valence-corrected chi connectivity index (χ2v) is 6.39. The second-order valence-electron chi connectivity index (χ2n) is 6.39. The Morgan fingerprint density at radius 1 is 1.29 bits per heavy atom. The zero-order valence-electron chi connectivity index (χ0n) is 14.6. The van der Waals surface area contributed by atoms with Gasteiger partial charge in [0.25, 0.3) is 0 Å². The van der Waals surface area contributed by atoms with Gasteiger partial charge >= 0.3 is 0 Å². The molecule has 0 aromatic heterocycles. The SMILES string of the molecule is COc1ccc(C(=O)CCC(=O)N(C)CC(C)(C)CN)cc1F.Cl. The molecule has 0 heterocycles. The average Bonchev–Trinajstić information content (AvgIpc) is 2.51. The standard InChI is InChI=1S/C17H25FN2O3.ClH/c1-17(2,10-19)11-20(3)16(22)8-6-14(21)12-5-7-15(23-4)13(18)9-12;/h5,7,9H,6,8,10-11,19H2,1-4H3;1H. The third-order valence-electron chi connectivity index (χ3n) is 3.68. The fourth-order valence-corrected chi connectivity index (χ4v) is 2.19. The number of methoxy groups -OCH3 is 1. The lowest BCUT2D eigenvalue weighted by atomic mass is 9.93. The van der Waals surface area contributed by atoms with Crippen LogP contribution < -0.4 is 10.5 Å². The Bertz CT molecular complexity index is 579. The number of ether oxygens (including phenoxy) is 1. The summed E-state index contributed by atoms with van der Waals surface area (Å²) in [6, 6.07) is 4.03. The fraction of sp³-hybridized carbons (Fsp3) is 0.529. The van der Waals surface area contributed by atoms with Crippen molar-refractivity contribution in [1.29, 1.82) is 0 Å². The van der Waals surface area contributed by atoms with Gasteiger partial charge in [0, 0.05) is 32.0 Å². The zero-order chi connectivity index (χ0) is 17.6. The molecule has 24 heavy (non-hydrogen) atoms. The predicted molar refractivity (Wildman–Crippen MR) is 94.2 cm³/mol. The Kier molecular flexibility index (Phi) is 8.93. The van der Waals surface area contributed by atoms with Gasteiger partial charge in [0.2, 0.25) is 5.91 Å². The smallest absolute Gasteiger partial charge is 0.222 e. The number of nitrogens with zero attached hydrogens (tertiary/aromatic N) is 1. The number of halogens is 2. The first-order valence-corrected chi connectivity index (χ1v) is 7.51. The number of Topliss-reactive ketones (excluding diaryl/α,β-unsaturated/α-hetero) is 1. The van der Waals surface area contributed by atoms with E-state index in [0.717, 1.165) is 6.07 Å². The van der Waals surface area contributed by atoms with Gasteiger partial charge in [-0.15, -0.1) is 12.4 Å². The molecule has 1 amide bonds. The molecule has 0 atom stereocenters. The largest absolute Gasteiger partial charge is 0.494 e. The molecule has 0 radical (unpaired) electrons. The lowest BCUT2D eigenvalue weighted by Crippen LogP contribution is -2.39. The Hall–Kier alpha value is -1.66. The van der Waals surface area contributed by atoms with Crippen molar-refractivity contribution in [3.8, 4) is 5.75 Å². The summed E-state index contributed by atoms with van der Waals surface area (Å²) >= 11 is 0. The summed E-state index contributed by atoms with van der Waals surface area (Å²) in [7, 11) is 3.05. The Morgan fingerprint density at radius 3 is 2.42 bits per heavy atom. The normalized spacial score (nSPS) is 10.8. The van der Waals surface area contributed by atoms with Crippen molar-refractivity contribution in [2.75, 3.05) is 27.2 Å². The summed E-state index contributed by atoms with van der Waals surface area (Å²) in [5.74, 6) is -0.909. The number of rotatable bonds is 8. The van der Waals surface area contributed by atoms with E-state index < -0.39 is 5.82 Å². The molecule has 0 aliphatic rings. The summed E-state index contributed by atoms with van der Waals surface area (Å²) in [6.45, 7) is 4.94. The van der Waals surface area contributed by atoms with Crippen LogP contribution in [0.25, 0.3) is 0 Å². The number of hydrogen-bond acceptors (Lipinski definition) is 4. The van der Waals surface area contributed by atoms with Crippen LogP contribution in [0, 0.1) is 11.2 Å². The number of carbonyl (C=O) groups is 2. The quantitative estimate of drug-likeness (QED) is 0.723. The van der Waals surface area contributed by atoms with Crippen molar-refractivity contribution in [3.63, 3.8) is 0 Å². The summed E-state index contributed by atoms with van der Waals surface area (Å²) in [5.41, 5.74) is 5.72. The number of hydrogen-bond donors (Lipinski definition) is 1. The molecular weight excluding hydrogens is 335 g/mol. The number of ketones is 1. The highest BCUT2D eigenvalue weighted by Crippen LogP contribution is 2.19. The van der Waals surface area contributed by atoms with Gasteiger partial charge in [-0.1, -0.05) is 13.8 Å². The van der Waals surface area contributed by atoms with Crippen LogP contribution in [0.3, 0.4) is 0 Å². The van der Waals surface area contributed by atoms with E-state index in [-0.39, 0.29) is 53.7 Å². The third-order valence-corrected chi connectivity index (χ3v) is 3.68. The highest BCUT2D eigenvalue weighted by Gasteiger charge is 2.21. The molecule has 0 unspecified atom stereocenters. The van der Waals surface area contributed by atoms with Gasteiger partial charge in [-0.2, -0.15) is 0 Å². The van der Waals surface area contributed by atoms with Crippen molar-refractivity contribution < 1.29 is 18.7 Å². The van der Waals surface area contributed by atoms with Crippen LogP contribution in [0.15, 0.2) is 18.2 Å². The maximum Gasteiger partial charge on any atom is 0.222 e. The Morgan fingerprint density at radius 2 is 1.92 bits per heavy atom. The first-order chi connectivity index (χ1) is 10.7. The van der Waals surface area contributed by atoms with Gasteiger partial charge in [0.1, 0.15) is 0 Å². The molecule has 7 heteroatoms. The van der Waals surface area contributed by atoms with E-state index in [0.29, 0.717) is 13.1 Å². The van der Waals surface area contributed by atoms with Crippen LogP contribution in [0.2, 0.25) is 0 Å². The third kappa shape index (κ3) is 6.45. The van der Waals surface area contributed by atoms with Gasteiger partial charge in [-0.25, -0.2) is 4.39 Å². The molecule has 0 aliphatic carbocycles. The van der Waals surface area contributed by atoms with E-state index in [2.05, 4.69) is 0 Å². The molecular formula is C17H26ClFN2O3. The molecule has 0 spiro atoms. The van der Waals surface area contributed by atoms with E-state index in [1.165, 1.54) is 19.2 Å². The second kappa shape index (κ2) is 9.59. The average molecular weight is 361 g/mol. The van der Waals surface area contributed by atoms with E-state index in [9.17, 15) is 14.0 Å². The van der Waals surface area contributed by atoms with E-state index >= 15 is 0 Å². The van der Waals surface area contributed by atoms with Gasteiger partial charge in [-0.05, 0) is 30.2 Å². The number of benzene rings is 1. The van der Waals surface area contributed by atoms with E-state index in [4.69, 9.17) is 10.5 Å². The molecule has 1 rings (SSSR count). The maximum absolute atomic E-state index is 13.6. The van der Waals surface area contributed by atoms with Crippen molar-refractivity contribution >= 4 is 24.1 Å². The van der Waals surface area contributed by atoms with Crippen LogP contribution in [0.1, 0.15) is 37.0 Å². The van der Waals surface area contributed by atoms with Crippen LogP contribution in [-0.4, -0.2) is 43.8 Å². The number of carbonyl (C=O) groups excluding carboxylic acids is 2. The first-order valence-electron chi connectivity index (χ1n) is 7.51. The highest BCUT2D eigenvalue weighted by atomic mass is 35.5. The van der Waals surface area contributed by atoms with E-state index in [1.807, 2.05) is 13.8 Å². The molecule has 5 nitrogen and oxygen atoms in total. The molecule has 0 saturated carbocycles. The van der Waals surface area contributed by atoms with Crippen molar-refractivity contribution in [2.24, 2.45) is 11.1 Å². The molecule has 136 valence electrons. The molecule has 0 saturated heterocycles. The lowest BCUT2D eigenvalue weighted by molar-refractivity contribution is -0.131. The van der Waals surface area contributed by atoms with Crippen LogP contribution in [0.5, 0.6) is 5.75 Å². The monoisotopic (exact) mass is 360 g/mol. The minimum atomic E-state index is -0.591. The lowest BCUT2D eigenvalue weighted by Gasteiger charge is -2.29. The van der Waals surface area contributed by atoms with Crippen molar-refractivity contribution in [1.82, 2.24) is 4.90 Å². The number of nitrogens with two attached hydrogens (primary N) is 1. The minimum absolute atomic E-state index is 0. The Balaban J connectivity index is 0.00000529. The summed E-state index contributed by atoms with van der Waals surface area (Å²) in [4.78, 5) is 25.7.